The zero-order chi connectivity index (χ0) is 14.1. The number of aryl methyl sites for hydroxylation is 1. The van der Waals surface area contributed by atoms with Crippen LogP contribution < -0.4 is 0 Å². The van der Waals surface area contributed by atoms with Gasteiger partial charge in [-0.3, -0.25) is 0 Å². The Morgan fingerprint density at radius 3 is 2.85 bits per heavy atom. The summed E-state index contributed by atoms with van der Waals surface area (Å²) >= 11 is 12.3. The summed E-state index contributed by atoms with van der Waals surface area (Å²) in [5, 5.41) is 0.498. The van der Waals surface area contributed by atoms with E-state index >= 15 is 0 Å². The standard InChI is InChI=1S/C15H19Cl2N3/c1-10(16)14-19-13-8-12(17)9-18-15(13)20(14)7-6-11-4-2-3-5-11/h8-11H,2-7H2,1H3. The van der Waals surface area contributed by atoms with Crippen LogP contribution in [0.3, 0.4) is 0 Å². The van der Waals surface area contributed by atoms with Crippen LogP contribution in [0, 0.1) is 5.92 Å². The molecule has 0 spiro atoms. The Labute approximate surface area is 129 Å². The zero-order valence-corrected chi connectivity index (χ0v) is 13.2. The molecule has 2 aromatic rings. The molecule has 1 saturated carbocycles. The summed E-state index contributed by atoms with van der Waals surface area (Å²) in [5.74, 6) is 1.74. The quantitative estimate of drug-likeness (QED) is 0.747. The van der Waals surface area contributed by atoms with E-state index in [1.54, 1.807) is 6.20 Å². The number of halogens is 2. The van der Waals surface area contributed by atoms with E-state index in [1.165, 1.54) is 32.1 Å². The Hall–Kier alpha value is -0.800. The fourth-order valence-electron chi connectivity index (χ4n) is 3.14. The third-order valence-electron chi connectivity index (χ3n) is 4.17. The highest BCUT2D eigenvalue weighted by Crippen LogP contribution is 2.30. The summed E-state index contributed by atoms with van der Waals surface area (Å²) in [6, 6.07) is 1.86. The summed E-state index contributed by atoms with van der Waals surface area (Å²) in [6.07, 6.45) is 8.34. The van der Waals surface area contributed by atoms with Crippen molar-refractivity contribution in [2.75, 3.05) is 0 Å². The first-order valence-electron chi connectivity index (χ1n) is 7.31. The van der Waals surface area contributed by atoms with Crippen molar-refractivity contribution in [2.24, 2.45) is 5.92 Å². The molecule has 3 nitrogen and oxygen atoms in total. The average molecular weight is 312 g/mol. The van der Waals surface area contributed by atoms with Crippen molar-refractivity contribution in [3.05, 3.63) is 23.1 Å². The molecule has 0 radical (unpaired) electrons. The van der Waals surface area contributed by atoms with Gasteiger partial charge in [0.25, 0.3) is 0 Å². The van der Waals surface area contributed by atoms with Crippen molar-refractivity contribution in [1.82, 2.24) is 14.5 Å². The molecule has 0 amide bonds. The van der Waals surface area contributed by atoms with E-state index < -0.39 is 0 Å². The molecule has 0 saturated heterocycles. The van der Waals surface area contributed by atoms with Crippen LogP contribution in [0.2, 0.25) is 5.02 Å². The highest BCUT2D eigenvalue weighted by molar-refractivity contribution is 6.31. The van der Waals surface area contributed by atoms with Crippen molar-refractivity contribution >= 4 is 34.4 Å². The molecule has 2 heterocycles. The number of fused-ring (bicyclic) bond motifs is 1. The van der Waals surface area contributed by atoms with Crippen LogP contribution in [0.15, 0.2) is 12.3 Å². The van der Waals surface area contributed by atoms with Gasteiger partial charge in [0, 0.05) is 12.7 Å². The van der Waals surface area contributed by atoms with Crippen molar-refractivity contribution in [3.8, 4) is 0 Å². The van der Waals surface area contributed by atoms with Crippen LogP contribution in [-0.2, 0) is 6.54 Å². The molecule has 20 heavy (non-hydrogen) atoms. The number of hydrogen-bond donors (Lipinski definition) is 0. The predicted octanol–water partition coefficient (Wildman–Crippen LogP) is 4.96. The Balaban J connectivity index is 1.91. The van der Waals surface area contributed by atoms with Crippen molar-refractivity contribution < 1.29 is 0 Å². The van der Waals surface area contributed by atoms with Gasteiger partial charge in [-0.1, -0.05) is 37.3 Å². The topological polar surface area (TPSA) is 30.7 Å². The number of hydrogen-bond acceptors (Lipinski definition) is 2. The zero-order valence-electron chi connectivity index (χ0n) is 11.6. The molecule has 0 aliphatic heterocycles. The lowest BCUT2D eigenvalue weighted by Crippen LogP contribution is -2.08. The third kappa shape index (κ3) is 2.79. The number of rotatable bonds is 4. The number of pyridine rings is 1. The molecule has 0 aromatic carbocycles. The van der Waals surface area contributed by atoms with Gasteiger partial charge >= 0.3 is 0 Å². The maximum absolute atomic E-state index is 6.27. The smallest absolute Gasteiger partial charge is 0.160 e. The molecule has 108 valence electrons. The number of alkyl halides is 1. The average Bonchev–Trinajstić information content (AvgIpc) is 3.02. The van der Waals surface area contributed by atoms with E-state index in [4.69, 9.17) is 23.2 Å². The van der Waals surface area contributed by atoms with E-state index in [9.17, 15) is 0 Å². The molecule has 5 heteroatoms. The van der Waals surface area contributed by atoms with Gasteiger partial charge in [0.15, 0.2) is 5.65 Å². The minimum atomic E-state index is -0.119. The first kappa shape index (κ1) is 14.2. The van der Waals surface area contributed by atoms with E-state index in [1.807, 2.05) is 13.0 Å². The van der Waals surface area contributed by atoms with Gasteiger partial charge in [-0.2, -0.15) is 0 Å². The summed E-state index contributed by atoms with van der Waals surface area (Å²) in [5.41, 5.74) is 1.74. The molecule has 1 aliphatic rings. The molecule has 1 unspecified atom stereocenters. The second-order valence-corrected chi connectivity index (χ2v) is 6.76. The lowest BCUT2D eigenvalue weighted by atomic mass is 10.0. The Morgan fingerprint density at radius 1 is 1.40 bits per heavy atom. The molecule has 1 aliphatic carbocycles. The van der Waals surface area contributed by atoms with Crippen molar-refractivity contribution in [3.63, 3.8) is 0 Å². The van der Waals surface area contributed by atoms with Gasteiger partial charge in [0.2, 0.25) is 0 Å². The molecule has 1 fully saturated rings. The van der Waals surface area contributed by atoms with Gasteiger partial charge in [-0.25, -0.2) is 9.97 Å². The number of imidazole rings is 1. The van der Waals surface area contributed by atoms with Gasteiger partial charge in [0.1, 0.15) is 11.3 Å². The lowest BCUT2D eigenvalue weighted by molar-refractivity contribution is 0.455. The molecule has 3 rings (SSSR count). The third-order valence-corrected chi connectivity index (χ3v) is 4.57. The normalized spacial score (nSPS) is 17.9. The first-order chi connectivity index (χ1) is 9.65. The summed E-state index contributed by atoms with van der Waals surface area (Å²) in [4.78, 5) is 9.04. The summed E-state index contributed by atoms with van der Waals surface area (Å²) in [7, 11) is 0. The Bertz CT molecular complexity index is 600. The highest BCUT2D eigenvalue weighted by atomic mass is 35.5. The minimum Gasteiger partial charge on any atom is -0.311 e. The van der Waals surface area contributed by atoms with Crippen LogP contribution in [0.5, 0.6) is 0 Å². The van der Waals surface area contributed by atoms with Crippen LogP contribution in [0.25, 0.3) is 11.2 Å². The maximum atomic E-state index is 6.27. The molecule has 1 atom stereocenters. The fraction of sp³-hybridized carbons (Fsp3) is 0.600. The molecule has 2 aromatic heterocycles. The largest absolute Gasteiger partial charge is 0.311 e. The Morgan fingerprint density at radius 2 is 2.15 bits per heavy atom. The van der Waals surface area contributed by atoms with E-state index in [0.29, 0.717) is 5.02 Å². The van der Waals surface area contributed by atoms with E-state index in [-0.39, 0.29) is 5.38 Å². The molecule has 0 bridgehead atoms. The van der Waals surface area contributed by atoms with Crippen LogP contribution >= 0.6 is 23.2 Å². The van der Waals surface area contributed by atoms with Gasteiger partial charge in [-0.05, 0) is 25.3 Å². The fourth-order valence-corrected chi connectivity index (χ4v) is 3.46. The maximum Gasteiger partial charge on any atom is 0.160 e. The van der Waals surface area contributed by atoms with Gasteiger partial charge < -0.3 is 4.57 Å². The molecule has 0 N–H and O–H groups in total. The number of nitrogens with zero attached hydrogens (tertiary/aromatic N) is 3. The monoisotopic (exact) mass is 311 g/mol. The highest BCUT2D eigenvalue weighted by Gasteiger charge is 2.19. The second kappa shape index (κ2) is 5.90. The first-order valence-corrected chi connectivity index (χ1v) is 8.12. The van der Waals surface area contributed by atoms with E-state index in [2.05, 4.69) is 14.5 Å². The van der Waals surface area contributed by atoms with Crippen molar-refractivity contribution in [2.45, 2.75) is 50.9 Å². The summed E-state index contributed by atoms with van der Waals surface area (Å²) < 4.78 is 2.17. The SMILES string of the molecule is CC(Cl)c1nc2cc(Cl)cnc2n1CCC1CCCC1. The Kier molecular flexibility index (Phi) is 4.18. The van der Waals surface area contributed by atoms with Crippen molar-refractivity contribution in [1.29, 1.82) is 0 Å². The number of aromatic nitrogens is 3. The van der Waals surface area contributed by atoms with E-state index in [0.717, 1.165) is 29.5 Å². The van der Waals surface area contributed by atoms with Gasteiger partial charge in [-0.15, -0.1) is 11.6 Å². The second-order valence-electron chi connectivity index (χ2n) is 5.67. The van der Waals surface area contributed by atoms with Crippen LogP contribution in [0.1, 0.15) is 50.2 Å². The molecular formula is C15H19Cl2N3. The minimum absolute atomic E-state index is 0.119. The summed E-state index contributed by atoms with van der Waals surface area (Å²) in [6.45, 7) is 2.90. The molecular weight excluding hydrogens is 293 g/mol. The van der Waals surface area contributed by atoms with Crippen LogP contribution in [0.4, 0.5) is 0 Å². The van der Waals surface area contributed by atoms with Crippen LogP contribution in [-0.4, -0.2) is 14.5 Å². The van der Waals surface area contributed by atoms with Gasteiger partial charge in [0.05, 0.1) is 10.4 Å². The predicted molar refractivity (Wildman–Crippen MR) is 83.4 cm³/mol. The lowest BCUT2D eigenvalue weighted by Gasteiger charge is -2.13.